The fourth-order valence-corrected chi connectivity index (χ4v) is 12.3. The van der Waals surface area contributed by atoms with E-state index in [2.05, 4.69) is 10.9 Å². The van der Waals surface area contributed by atoms with Gasteiger partial charge in [-0.25, -0.2) is 25.3 Å². The number of para-hydroxylation sites is 2. The van der Waals surface area contributed by atoms with Crippen LogP contribution in [0.5, 0.6) is 0 Å². The Bertz CT molecular complexity index is 1720. The van der Waals surface area contributed by atoms with E-state index in [1.165, 1.54) is 0 Å². The monoisotopic (exact) mass is 673 g/mol. The van der Waals surface area contributed by atoms with Crippen LogP contribution in [0.15, 0.2) is 84.6 Å². The number of benzene rings is 2. The van der Waals surface area contributed by atoms with Crippen molar-refractivity contribution in [3.8, 4) is 0 Å². The third kappa shape index (κ3) is 6.39. The molecule has 0 bridgehead atoms. The van der Waals surface area contributed by atoms with Crippen molar-refractivity contribution in [2.24, 2.45) is 0 Å². The summed E-state index contributed by atoms with van der Waals surface area (Å²) < 4.78 is 84.1. The molecule has 0 spiro atoms. The van der Waals surface area contributed by atoms with E-state index >= 15 is 0 Å². The van der Waals surface area contributed by atoms with Crippen molar-refractivity contribution in [1.29, 1.82) is 0 Å². The van der Waals surface area contributed by atoms with Crippen LogP contribution < -0.4 is 10.9 Å². The van der Waals surface area contributed by atoms with Gasteiger partial charge in [0.2, 0.25) is 9.01 Å². The molecule has 5 N–H and O–H groups in total. The summed E-state index contributed by atoms with van der Waals surface area (Å²) in [4.78, 5) is 31.4. The van der Waals surface area contributed by atoms with Gasteiger partial charge in [0.05, 0.1) is 17.1 Å². The number of sulfone groups is 3. The van der Waals surface area contributed by atoms with Gasteiger partial charge in [-0.3, -0.25) is 25.2 Å². The van der Waals surface area contributed by atoms with Crippen molar-refractivity contribution < 1.29 is 59.7 Å². The summed E-state index contributed by atoms with van der Waals surface area (Å²) in [5, 5.41) is 29.2. The average molecular weight is 674 g/mol. The third-order valence-corrected chi connectivity index (χ3v) is 14.1. The predicted octanol–water partition coefficient (Wildman–Crippen LogP) is 0.334. The van der Waals surface area contributed by atoms with Crippen LogP contribution >= 0.6 is 0 Å². The Morgan fingerprint density at radius 2 is 1.09 bits per heavy atom. The van der Waals surface area contributed by atoms with Gasteiger partial charge in [-0.05, 0) is 42.5 Å². The summed E-state index contributed by atoms with van der Waals surface area (Å²) in [6, 6.07) is 16.0. The maximum absolute atomic E-state index is 14.0. The number of hydrazine groups is 2. The first-order valence-corrected chi connectivity index (χ1v) is 17.1. The highest BCUT2D eigenvalue weighted by atomic mass is 32.3. The average Bonchev–Trinajstić information content (AvgIpc) is 2.91. The molecule has 0 heterocycles. The highest BCUT2D eigenvalue weighted by molar-refractivity contribution is 8.12. The third-order valence-electron chi connectivity index (χ3n) is 6.21. The van der Waals surface area contributed by atoms with Gasteiger partial charge >= 0.3 is 17.9 Å². The standard InChI is InChI=1S/C25H27N3O13S3/c1-41-24(42(35,36)15-21(29)30)13-12-20(14-25(24,43(37,38)16-22(31)32)44(39,40)17-23(33)34)28(26-18-8-4-2-5-9-18)27-19-10-6-3-7-11-19/h2-14,26-27H,15-17H2,1H3,(H,29,30)(H,31,32)(H,33,34). The molecule has 19 heteroatoms. The number of carbonyl (C=O) groups is 3. The molecule has 1 aliphatic carbocycles. The fourth-order valence-electron chi connectivity index (χ4n) is 4.51. The molecule has 2 aromatic carbocycles. The van der Waals surface area contributed by atoms with Crippen molar-refractivity contribution in [3.05, 3.63) is 84.6 Å². The Morgan fingerprint density at radius 1 is 0.705 bits per heavy atom. The molecule has 0 saturated heterocycles. The molecule has 1 aliphatic rings. The summed E-state index contributed by atoms with van der Waals surface area (Å²) in [5.74, 6) is -12.2. The summed E-state index contributed by atoms with van der Waals surface area (Å²) in [7, 11) is -16.7. The van der Waals surface area contributed by atoms with Gasteiger partial charge in [0.1, 0.15) is 11.5 Å². The Balaban J connectivity index is 2.51. The topological polar surface area (TPSA) is 251 Å². The second-order valence-electron chi connectivity index (χ2n) is 9.19. The van der Waals surface area contributed by atoms with E-state index in [9.17, 15) is 55.0 Å². The highest BCUT2D eigenvalue weighted by Crippen LogP contribution is 2.49. The lowest BCUT2D eigenvalue weighted by atomic mass is 10.1. The number of carboxylic acids is 3. The van der Waals surface area contributed by atoms with Crippen molar-refractivity contribution in [3.63, 3.8) is 0 Å². The van der Waals surface area contributed by atoms with E-state index in [0.29, 0.717) is 30.6 Å². The molecular weight excluding hydrogens is 646 g/mol. The Hall–Kier alpha value is -4.46. The number of hydrogen-bond acceptors (Lipinski definition) is 13. The molecule has 1 unspecified atom stereocenters. The van der Waals surface area contributed by atoms with Crippen LogP contribution in [-0.4, -0.2) is 97.0 Å². The summed E-state index contributed by atoms with van der Waals surface area (Å²) >= 11 is 0. The molecule has 0 amide bonds. The number of nitrogens with one attached hydrogen (secondary N) is 2. The number of carboxylic acid groups (broad SMARTS) is 3. The van der Waals surface area contributed by atoms with Crippen LogP contribution in [0.25, 0.3) is 0 Å². The molecule has 0 saturated carbocycles. The van der Waals surface area contributed by atoms with Crippen molar-refractivity contribution in [2.45, 2.75) is 9.01 Å². The van der Waals surface area contributed by atoms with Crippen LogP contribution in [0.1, 0.15) is 0 Å². The lowest BCUT2D eigenvalue weighted by Gasteiger charge is -2.45. The van der Waals surface area contributed by atoms with E-state index < -0.39 is 79.4 Å². The minimum Gasteiger partial charge on any atom is -0.480 e. The molecule has 0 aliphatic heterocycles. The molecule has 0 aromatic heterocycles. The van der Waals surface area contributed by atoms with Gasteiger partial charge < -0.3 is 20.1 Å². The lowest BCUT2D eigenvalue weighted by Crippen LogP contribution is -2.69. The minimum absolute atomic E-state index is 0.318. The van der Waals surface area contributed by atoms with E-state index in [-0.39, 0.29) is 0 Å². The largest absolute Gasteiger partial charge is 0.480 e. The Morgan fingerprint density at radius 3 is 1.45 bits per heavy atom. The Labute approximate surface area is 252 Å². The van der Waals surface area contributed by atoms with Crippen LogP contribution in [0, 0.1) is 0 Å². The number of aliphatic carboxylic acids is 3. The number of hydrogen-bond donors (Lipinski definition) is 5. The maximum Gasteiger partial charge on any atom is 0.318 e. The van der Waals surface area contributed by atoms with Crippen LogP contribution in [-0.2, 0) is 48.6 Å². The molecule has 1 atom stereocenters. The predicted molar refractivity (Wildman–Crippen MR) is 156 cm³/mol. The van der Waals surface area contributed by atoms with E-state index in [4.69, 9.17) is 4.74 Å². The number of allylic oxidation sites excluding steroid dienone is 1. The number of anilines is 2. The number of rotatable bonds is 15. The summed E-state index contributed by atoms with van der Waals surface area (Å²) in [5.41, 5.74) is 5.86. The van der Waals surface area contributed by atoms with Crippen molar-refractivity contribution >= 4 is 58.8 Å². The Kier molecular flexibility index (Phi) is 9.78. The highest BCUT2D eigenvalue weighted by Gasteiger charge is 2.74. The second kappa shape index (κ2) is 12.6. The van der Waals surface area contributed by atoms with Gasteiger partial charge in [0, 0.05) is 7.11 Å². The lowest BCUT2D eigenvalue weighted by molar-refractivity contribution is -0.135. The zero-order valence-corrected chi connectivity index (χ0v) is 25.2. The molecule has 0 fully saturated rings. The van der Waals surface area contributed by atoms with Gasteiger partial charge in [0.15, 0.2) is 35.3 Å². The molecule has 0 radical (unpaired) electrons. The number of nitrogens with zero attached hydrogens (tertiary/aromatic N) is 1. The van der Waals surface area contributed by atoms with Gasteiger partial charge in [-0.2, -0.15) is 5.12 Å². The van der Waals surface area contributed by atoms with E-state index in [1.54, 1.807) is 60.7 Å². The zero-order valence-electron chi connectivity index (χ0n) is 22.7. The first kappa shape index (κ1) is 34.0. The molecule has 16 nitrogen and oxygen atoms in total. The quantitative estimate of drug-likeness (QED) is 0.160. The maximum atomic E-state index is 14.0. The molecule has 2 aromatic rings. The summed E-state index contributed by atoms with van der Waals surface area (Å²) in [6.07, 6.45) is 1.64. The normalized spacial score (nSPS) is 18.1. The van der Waals surface area contributed by atoms with E-state index in [0.717, 1.165) is 11.2 Å². The van der Waals surface area contributed by atoms with Crippen molar-refractivity contribution in [1.82, 2.24) is 5.12 Å². The summed E-state index contributed by atoms with van der Waals surface area (Å²) in [6.45, 7) is 0. The molecular formula is C25H27N3O13S3. The smallest absolute Gasteiger partial charge is 0.318 e. The second-order valence-corrected chi connectivity index (χ2v) is 15.9. The SMILES string of the molecule is COC1(S(=O)(=O)CC(=O)O)C=CC(N(Nc2ccccc2)Nc2ccccc2)=CC1(S(=O)(=O)CC(=O)O)S(=O)(=O)CC(=O)O. The van der Waals surface area contributed by atoms with E-state index in [1.807, 2.05) is 0 Å². The van der Waals surface area contributed by atoms with Crippen LogP contribution in [0.3, 0.4) is 0 Å². The number of methoxy groups -OCH3 is 1. The first-order valence-electron chi connectivity index (χ1n) is 12.2. The fraction of sp³-hybridized carbons (Fsp3) is 0.240. The number of ether oxygens (including phenoxy) is 1. The van der Waals surface area contributed by atoms with Crippen LogP contribution in [0.4, 0.5) is 11.4 Å². The molecule has 3 rings (SSSR count). The first-order chi connectivity index (χ1) is 20.4. The van der Waals surface area contributed by atoms with Gasteiger partial charge in [0.25, 0.3) is 0 Å². The van der Waals surface area contributed by atoms with Crippen molar-refractivity contribution in [2.75, 3.05) is 35.2 Å². The molecule has 238 valence electrons. The van der Waals surface area contributed by atoms with Crippen LogP contribution in [0.2, 0.25) is 0 Å². The van der Waals surface area contributed by atoms with Gasteiger partial charge in [-0.1, -0.05) is 36.4 Å². The minimum atomic E-state index is -5.86. The van der Waals surface area contributed by atoms with Gasteiger partial charge in [-0.15, -0.1) is 0 Å². The zero-order chi connectivity index (χ0) is 33.0. The molecule has 44 heavy (non-hydrogen) atoms.